The normalized spacial score (nSPS) is 11.0. The molecule has 22 heavy (non-hydrogen) atoms. The second kappa shape index (κ2) is 5.80. The van der Waals surface area contributed by atoms with Gasteiger partial charge < -0.3 is 4.74 Å². The van der Waals surface area contributed by atoms with Gasteiger partial charge in [-0.3, -0.25) is 19.9 Å². The molecule has 0 amide bonds. The number of hydrogen-bond donors (Lipinski definition) is 0. The van der Waals surface area contributed by atoms with Crippen LogP contribution < -0.4 is 4.74 Å². The number of ether oxygens (including phenoxy) is 1. The van der Waals surface area contributed by atoms with E-state index in [-0.39, 0.29) is 5.69 Å². The van der Waals surface area contributed by atoms with E-state index >= 15 is 0 Å². The number of rotatable bonds is 4. The standard InChI is InChI=1S/C13H7F3N2O4/c14-13(15,16)22-11-7-8(18(20)21)4-5-9(11)12(19)10-3-1-2-6-17-10/h1-7H. The average molecular weight is 312 g/mol. The van der Waals surface area contributed by atoms with Crippen molar-refractivity contribution in [2.24, 2.45) is 0 Å². The first-order valence-corrected chi connectivity index (χ1v) is 5.78. The summed E-state index contributed by atoms with van der Waals surface area (Å²) in [5.74, 6) is -1.79. The van der Waals surface area contributed by atoms with Crippen LogP contribution in [0.4, 0.5) is 18.9 Å². The molecule has 0 atom stereocenters. The van der Waals surface area contributed by atoms with E-state index in [0.717, 1.165) is 12.1 Å². The topological polar surface area (TPSA) is 82.3 Å². The fourth-order valence-electron chi connectivity index (χ4n) is 1.66. The van der Waals surface area contributed by atoms with Crippen LogP contribution in [-0.2, 0) is 0 Å². The summed E-state index contributed by atoms with van der Waals surface area (Å²) in [4.78, 5) is 25.6. The van der Waals surface area contributed by atoms with Gasteiger partial charge in [0.05, 0.1) is 16.6 Å². The molecule has 0 saturated carbocycles. The van der Waals surface area contributed by atoms with Gasteiger partial charge in [0.25, 0.3) is 5.69 Å². The Morgan fingerprint density at radius 3 is 2.50 bits per heavy atom. The number of aromatic nitrogens is 1. The zero-order valence-electron chi connectivity index (χ0n) is 10.7. The smallest absolute Gasteiger partial charge is 0.405 e. The van der Waals surface area contributed by atoms with Crippen molar-refractivity contribution in [2.75, 3.05) is 0 Å². The van der Waals surface area contributed by atoms with E-state index in [0.29, 0.717) is 6.07 Å². The lowest BCUT2D eigenvalue weighted by Gasteiger charge is -2.12. The lowest BCUT2D eigenvalue weighted by molar-refractivity contribution is -0.385. The van der Waals surface area contributed by atoms with Gasteiger partial charge in [0.15, 0.2) is 0 Å². The monoisotopic (exact) mass is 312 g/mol. The molecular formula is C13H7F3N2O4. The highest BCUT2D eigenvalue weighted by Crippen LogP contribution is 2.31. The number of hydrogen-bond acceptors (Lipinski definition) is 5. The number of pyridine rings is 1. The molecular weight excluding hydrogens is 305 g/mol. The quantitative estimate of drug-likeness (QED) is 0.492. The Bertz CT molecular complexity index is 717. The highest BCUT2D eigenvalue weighted by atomic mass is 19.4. The molecule has 0 bridgehead atoms. The van der Waals surface area contributed by atoms with Crippen LogP contribution in [0.1, 0.15) is 16.1 Å². The van der Waals surface area contributed by atoms with Gasteiger partial charge in [-0.2, -0.15) is 0 Å². The van der Waals surface area contributed by atoms with Crippen molar-refractivity contribution in [3.8, 4) is 5.75 Å². The van der Waals surface area contributed by atoms with Crippen LogP contribution in [-0.4, -0.2) is 22.1 Å². The Labute approximate surface area is 121 Å². The highest BCUT2D eigenvalue weighted by molar-refractivity contribution is 6.09. The third kappa shape index (κ3) is 3.57. The maximum Gasteiger partial charge on any atom is 0.573 e. The Morgan fingerprint density at radius 1 is 1.23 bits per heavy atom. The van der Waals surface area contributed by atoms with E-state index in [1.165, 1.54) is 24.4 Å². The molecule has 9 heteroatoms. The van der Waals surface area contributed by atoms with Gasteiger partial charge in [0.2, 0.25) is 5.78 Å². The molecule has 114 valence electrons. The predicted molar refractivity (Wildman–Crippen MR) is 67.4 cm³/mol. The molecule has 0 aliphatic rings. The minimum atomic E-state index is -5.09. The van der Waals surface area contributed by atoms with Crippen molar-refractivity contribution in [3.63, 3.8) is 0 Å². The molecule has 2 rings (SSSR count). The third-order valence-corrected chi connectivity index (χ3v) is 2.54. The van der Waals surface area contributed by atoms with E-state index in [1.807, 2.05) is 0 Å². The second-order valence-corrected chi connectivity index (χ2v) is 4.03. The number of nitrogens with zero attached hydrogens (tertiary/aromatic N) is 2. The molecule has 0 radical (unpaired) electrons. The number of nitro groups is 1. The first-order chi connectivity index (χ1) is 10.3. The fraction of sp³-hybridized carbons (Fsp3) is 0.0769. The zero-order valence-corrected chi connectivity index (χ0v) is 10.7. The molecule has 2 aromatic rings. The first-order valence-electron chi connectivity index (χ1n) is 5.78. The summed E-state index contributed by atoms with van der Waals surface area (Å²) in [5.41, 5.74) is -1.21. The second-order valence-electron chi connectivity index (χ2n) is 4.03. The van der Waals surface area contributed by atoms with Crippen LogP contribution in [0.5, 0.6) is 5.75 Å². The zero-order chi connectivity index (χ0) is 16.3. The molecule has 1 aromatic heterocycles. The minimum Gasteiger partial charge on any atom is -0.405 e. The van der Waals surface area contributed by atoms with E-state index in [1.54, 1.807) is 0 Å². The summed E-state index contributed by atoms with van der Waals surface area (Å²) in [6, 6.07) is 6.68. The Kier molecular flexibility index (Phi) is 4.06. The fourth-order valence-corrected chi connectivity index (χ4v) is 1.66. The number of nitro benzene ring substituents is 1. The number of ketones is 1. The predicted octanol–water partition coefficient (Wildman–Crippen LogP) is 3.12. The van der Waals surface area contributed by atoms with Crippen molar-refractivity contribution in [2.45, 2.75) is 6.36 Å². The molecule has 0 unspecified atom stereocenters. The van der Waals surface area contributed by atoms with Crippen LogP contribution in [0.3, 0.4) is 0 Å². The maximum absolute atomic E-state index is 12.4. The van der Waals surface area contributed by atoms with Gasteiger partial charge in [-0.25, -0.2) is 0 Å². The highest BCUT2D eigenvalue weighted by Gasteiger charge is 2.34. The van der Waals surface area contributed by atoms with E-state index in [4.69, 9.17) is 0 Å². The summed E-state index contributed by atoms with van der Waals surface area (Å²) >= 11 is 0. The van der Waals surface area contributed by atoms with E-state index in [2.05, 4.69) is 9.72 Å². The van der Waals surface area contributed by atoms with Crippen LogP contribution in [0, 0.1) is 10.1 Å². The summed E-state index contributed by atoms with van der Waals surface area (Å²) in [6.45, 7) is 0. The first kappa shape index (κ1) is 15.4. The lowest BCUT2D eigenvalue weighted by atomic mass is 10.1. The largest absolute Gasteiger partial charge is 0.573 e. The third-order valence-electron chi connectivity index (χ3n) is 2.54. The van der Waals surface area contributed by atoms with Crippen LogP contribution in [0.2, 0.25) is 0 Å². The Hall–Kier alpha value is -2.97. The van der Waals surface area contributed by atoms with Crippen LogP contribution in [0.25, 0.3) is 0 Å². The van der Waals surface area contributed by atoms with Gasteiger partial charge in [-0.05, 0) is 18.2 Å². The van der Waals surface area contributed by atoms with Gasteiger partial charge in [-0.1, -0.05) is 6.07 Å². The van der Waals surface area contributed by atoms with Crippen LogP contribution in [0.15, 0.2) is 42.6 Å². The van der Waals surface area contributed by atoms with Gasteiger partial charge in [-0.15, -0.1) is 13.2 Å². The number of non-ortho nitro benzene ring substituents is 1. The number of benzene rings is 1. The average Bonchev–Trinajstić information content (AvgIpc) is 2.45. The molecule has 6 nitrogen and oxygen atoms in total. The van der Waals surface area contributed by atoms with Crippen molar-refractivity contribution >= 4 is 11.5 Å². The molecule has 0 aliphatic carbocycles. The van der Waals surface area contributed by atoms with Gasteiger partial charge >= 0.3 is 6.36 Å². The van der Waals surface area contributed by atoms with E-state index in [9.17, 15) is 28.1 Å². The Balaban J connectivity index is 2.50. The summed E-state index contributed by atoms with van der Waals surface area (Å²) in [6.07, 6.45) is -3.79. The van der Waals surface area contributed by atoms with Crippen molar-refractivity contribution in [3.05, 3.63) is 64.0 Å². The van der Waals surface area contributed by atoms with E-state index < -0.39 is 34.1 Å². The molecule has 1 heterocycles. The van der Waals surface area contributed by atoms with Gasteiger partial charge in [0.1, 0.15) is 11.4 Å². The molecule has 0 N–H and O–H groups in total. The summed E-state index contributed by atoms with van der Waals surface area (Å²) in [7, 11) is 0. The lowest BCUT2D eigenvalue weighted by Crippen LogP contribution is -2.19. The molecule has 0 spiro atoms. The van der Waals surface area contributed by atoms with Gasteiger partial charge in [0, 0.05) is 12.3 Å². The molecule has 0 fully saturated rings. The summed E-state index contributed by atoms with van der Waals surface area (Å²) in [5, 5.41) is 10.6. The van der Waals surface area contributed by atoms with Crippen molar-refractivity contribution < 1.29 is 27.6 Å². The number of halogens is 3. The maximum atomic E-state index is 12.4. The molecule has 0 aliphatic heterocycles. The number of carbonyl (C=O) groups excluding carboxylic acids is 1. The summed E-state index contributed by atoms with van der Waals surface area (Å²) < 4.78 is 40.9. The Morgan fingerprint density at radius 2 is 1.95 bits per heavy atom. The van der Waals surface area contributed by atoms with Crippen LogP contribution >= 0.6 is 0 Å². The molecule has 1 aromatic carbocycles. The SMILES string of the molecule is O=C(c1ccccn1)c1ccc([N+](=O)[O-])cc1OC(F)(F)F. The molecule has 0 saturated heterocycles. The van der Waals surface area contributed by atoms with Crippen molar-refractivity contribution in [1.29, 1.82) is 0 Å². The number of carbonyl (C=O) groups is 1. The minimum absolute atomic E-state index is 0.108. The number of alkyl halides is 3. The van der Waals surface area contributed by atoms with Crippen molar-refractivity contribution in [1.82, 2.24) is 4.98 Å².